The molecule has 5 nitrogen and oxygen atoms in total. The maximum atomic E-state index is 12.3. The number of hydrogen-bond donors (Lipinski definition) is 1. The Labute approximate surface area is 111 Å². The third-order valence-electron chi connectivity index (χ3n) is 3.38. The summed E-state index contributed by atoms with van der Waals surface area (Å²) in [7, 11) is 0. The Balaban J connectivity index is 1.85. The van der Waals surface area contributed by atoms with E-state index in [0.717, 1.165) is 36.3 Å². The Morgan fingerprint density at radius 1 is 1.42 bits per heavy atom. The van der Waals surface area contributed by atoms with Crippen LogP contribution in [0.5, 0.6) is 0 Å². The van der Waals surface area contributed by atoms with Crippen LogP contribution in [-0.4, -0.2) is 22.2 Å². The fourth-order valence-electron chi connectivity index (χ4n) is 2.49. The van der Waals surface area contributed by atoms with E-state index in [1.54, 1.807) is 17.1 Å². The third kappa shape index (κ3) is 2.31. The Hall–Kier alpha value is -2.30. The van der Waals surface area contributed by atoms with Crippen molar-refractivity contribution in [3.05, 3.63) is 42.2 Å². The van der Waals surface area contributed by atoms with Gasteiger partial charge in [0.1, 0.15) is 6.54 Å². The van der Waals surface area contributed by atoms with Gasteiger partial charge in [-0.15, -0.1) is 0 Å². The molecule has 0 fully saturated rings. The molecule has 0 spiro atoms. The number of aromatic nitrogens is 2. The van der Waals surface area contributed by atoms with Gasteiger partial charge in [-0.1, -0.05) is 0 Å². The third-order valence-corrected chi connectivity index (χ3v) is 3.38. The average Bonchev–Trinajstić information content (AvgIpc) is 2.90. The van der Waals surface area contributed by atoms with Crippen LogP contribution >= 0.6 is 0 Å². The van der Waals surface area contributed by atoms with Crippen molar-refractivity contribution in [3.63, 3.8) is 0 Å². The van der Waals surface area contributed by atoms with Crippen molar-refractivity contribution >= 4 is 17.3 Å². The van der Waals surface area contributed by atoms with Gasteiger partial charge in [-0.3, -0.25) is 9.48 Å². The minimum atomic E-state index is 0.0643. The largest absolute Gasteiger partial charge is 0.399 e. The van der Waals surface area contributed by atoms with Crippen molar-refractivity contribution < 1.29 is 4.79 Å². The number of nitrogens with zero attached hydrogens (tertiary/aromatic N) is 3. The van der Waals surface area contributed by atoms with Crippen LogP contribution in [0.25, 0.3) is 0 Å². The van der Waals surface area contributed by atoms with E-state index in [2.05, 4.69) is 5.10 Å². The van der Waals surface area contributed by atoms with Crippen LogP contribution in [0, 0.1) is 0 Å². The molecule has 0 unspecified atom stereocenters. The predicted molar refractivity (Wildman–Crippen MR) is 73.8 cm³/mol. The number of fused-ring (bicyclic) bond motifs is 1. The highest BCUT2D eigenvalue weighted by atomic mass is 16.2. The lowest BCUT2D eigenvalue weighted by molar-refractivity contribution is -0.119. The number of hydrogen-bond acceptors (Lipinski definition) is 3. The highest BCUT2D eigenvalue weighted by Gasteiger charge is 2.22. The van der Waals surface area contributed by atoms with Crippen LogP contribution in [0.3, 0.4) is 0 Å². The van der Waals surface area contributed by atoms with Gasteiger partial charge < -0.3 is 10.6 Å². The van der Waals surface area contributed by atoms with E-state index in [4.69, 9.17) is 5.73 Å². The predicted octanol–water partition coefficient (Wildman–Crippen LogP) is 1.44. The Morgan fingerprint density at radius 3 is 3.11 bits per heavy atom. The summed E-state index contributed by atoms with van der Waals surface area (Å²) in [5.74, 6) is 0.0643. The zero-order valence-electron chi connectivity index (χ0n) is 10.6. The van der Waals surface area contributed by atoms with E-state index in [1.165, 1.54) is 0 Å². The van der Waals surface area contributed by atoms with Crippen molar-refractivity contribution in [1.29, 1.82) is 0 Å². The first kappa shape index (κ1) is 11.8. The SMILES string of the molecule is Nc1ccc2c(c1)CCCN2C(=O)Cn1cccn1. The summed E-state index contributed by atoms with van der Waals surface area (Å²) in [5.41, 5.74) is 8.68. The highest BCUT2D eigenvalue weighted by molar-refractivity contribution is 5.94. The van der Waals surface area contributed by atoms with Gasteiger partial charge in [0.25, 0.3) is 0 Å². The summed E-state index contributed by atoms with van der Waals surface area (Å²) >= 11 is 0. The molecule has 2 N–H and O–H groups in total. The second-order valence-electron chi connectivity index (χ2n) is 4.74. The molecule has 0 saturated carbocycles. The number of benzene rings is 1. The molecule has 2 aromatic rings. The summed E-state index contributed by atoms with van der Waals surface area (Å²) in [6, 6.07) is 7.56. The van der Waals surface area contributed by atoms with E-state index < -0.39 is 0 Å². The summed E-state index contributed by atoms with van der Waals surface area (Å²) < 4.78 is 1.65. The zero-order valence-corrected chi connectivity index (χ0v) is 10.6. The smallest absolute Gasteiger partial charge is 0.248 e. The summed E-state index contributed by atoms with van der Waals surface area (Å²) in [5, 5.41) is 4.07. The number of amides is 1. The number of rotatable bonds is 2. The van der Waals surface area contributed by atoms with Crippen LogP contribution in [0.1, 0.15) is 12.0 Å². The molecule has 0 atom stereocenters. The quantitative estimate of drug-likeness (QED) is 0.827. The van der Waals surface area contributed by atoms with Gasteiger partial charge in [-0.25, -0.2) is 0 Å². The fourth-order valence-corrected chi connectivity index (χ4v) is 2.49. The molecular formula is C14H16N4O. The van der Waals surface area contributed by atoms with E-state index in [-0.39, 0.29) is 12.5 Å². The average molecular weight is 256 g/mol. The van der Waals surface area contributed by atoms with Gasteiger partial charge in [-0.2, -0.15) is 5.10 Å². The van der Waals surface area contributed by atoms with E-state index >= 15 is 0 Å². The lowest BCUT2D eigenvalue weighted by Crippen LogP contribution is -2.37. The summed E-state index contributed by atoms with van der Waals surface area (Å²) in [6.07, 6.45) is 5.43. The first-order valence-corrected chi connectivity index (χ1v) is 6.40. The van der Waals surface area contributed by atoms with Crippen molar-refractivity contribution in [3.8, 4) is 0 Å². The summed E-state index contributed by atoms with van der Waals surface area (Å²) in [6.45, 7) is 1.04. The highest BCUT2D eigenvalue weighted by Crippen LogP contribution is 2.28. The van der Waals surface area contributed by atoms with Crippen molar-refractivity contribution in [2.45, 2.75) is 19.4 Å². The van der Waals surface area contributed by atoms with Gasteiger partial charge in [0.2, 0.25) is 5.91 Å². The molecule has 2 heterocycles. The van der Waals surface area contributed by atoms with Gasteiger partial charge in [0.15, 0.2) is 0 Å². The monoisotopic (exact) mass is 256 g/mol. The maximum Gasteiger partial charge on any atom is 0.248 e. The second kappa shape index (κ2) is 4.76. The second-order valence-corrected chi connectivity index (χ2v) is 4.74. The molecule has 1 amide bonds. The molecule has 1 aromatic carbocycles. The minimum absolute atomic E-state index is 0.0643. The Morgan fingerprint density at radius 2 is 2.32 bits per heavy atom. The lowest BCUT2D eigenvalue weighted by Gasteiger charge is -2.29. The number of carbonyl (C=O) groups is 1. The van der Waals surface area contributed by atoms with Crippen LogP contribution < -0.4 is 10.6 Å². The first-order chi connectivity index (χ1) is 9.24. The number of anilines is 2. The molecule has 0 radical (unpaired) electrons. The fraction of sp³-hybridized carbons (Fsp3) is 0.286. The van der Waals surface area contributed by atoms with Crippen molar-refractivity contribution in [1.82, 2.24) is 9.78 Å². The molecule has 19 heavy (non-hydrogen) atoms. The zero-order chi connectivity index (χ0) is 13.2. The van der Waals surface area contributed by atoms with Gasteiger partial charge in [0.05, 0.1) is 0 Å². The lowest BCUT2D eigenvalue weighted by atomic mass is 10.0. The van der Waals surface area contributed by atoms with Crippen LogP contribution in [0.2, 0.25) is 0 Å². The van der Waals surface area contributed by atoms with Crippen molar-refractivity contribution in [2.75, 3.05) is 17.2 Å². The molecule has 0 saturated heterocycles. The number of carbonyl (C=O) groups excluding carboxylic acids is 1. The minimum Gasteiger partial charge on any atom is -0.399 e. The molecule has 0 aliphatic carbocycles. The molecule has 5 heteroatoms. The van der Waals surface area contributed by atoms with E-state index in [0.29, 0.717) is 0 Å². The van der Waals surface area contributed by atoms with Gasteiger partial charge >= 0.3 is 0 Å². The maximum absolute atomic E-state index is 12.3. The van der Waals surface area contributed by atoms with Gasteiger partial charge in [-0.05, 0) is 42.7 Å². The van der Waals surface area contributed by atoms with E-state index in [9.17, 15) is 4.79 Å². The Kier molecular flexibility index (Phi) is 2.95. The molecule has 1 aliphatic heterocycles. The van der Waals surface area contributed by atoms with Crippen LogP contribution in [-0.2, 0) is 17.8 Å². The first-order valence-electron chi connectivity index (χ1n) is 6.40. The number of nitrogen functional groups attached to an aromatic ring is 1. The standard InChI is InChI=1S/C14H16N4O/c15-12-4-5-13-11(9-12)3-1-8-18(13)14(19)10-17-7-2-6-16-17/h2,4-7,9H,1,3,8,10,15H2. The van der Waals surface area contributed by atoms with Crippen LogP contribution in [0.15, 0.2) is 36.7 Å². The van der Waals surface area contributed by atoms with Gasteiger partial charge in [0, 0.05) is 30.3 Å². The number of nitrogens with two attached hydrogens (primary N) is 1. The molecule has 98 valence electrons. The van der Waals surface area contributed by atoms with E-state index in [1.807, 2.05) is 29.2 Å². The Bertz CT molecular complexity index is 591. The summed E-state index contributed by atoms with van der Waals surface area (Å²) in [4.78, 5) is 14.2. The molecule has 1 aromatic heterocycles. The van der Waals surface area contributed by atoms with Crippen LogP contribution in [0.4, 0.5) is 11.4 Å². The molecule has 0 bridgehead atoms. The topological polar surface area (TPSA) is 64.2 Å². The number of aryl methyl sites for hydroxylation is 1. The molecule has 1 aliphatic rings. The molecule has 3 rings (SSSR count). The van der Waals surface area contributed by atoms with Crippen molar-refractivity contribution in [2.24, 2.45) is 0 Å². The normalized spacial score (nSPS) is 14.2. The molecular weight excluding hydrogens is 240 g/mol.